The van der Waals surface area contributed by atoms with Gasteiger partial charge in [0.25, 0.3) is 11.8 Å². The van der Waals surface area contributed by atoms with E-state index in [1.54, 1.807) is 35.2 Å². The van der Waals surface area contributed by atoms with Gasteiger partial charge in [-0.25, -0.2) is 4.79 Å². The highest BCUT2D eigenvalue weighted by molar-refractivity contribution is 6.30. The second-order valence-electron chi connectivity index (χ2n) is 9.13. The first-order valence-corrected chi connectivity index (χ1v) is 13.6. The fourth-order valence-electron chi connectivity index (χ4n) is 4.37. The number of benzene rings is 2. The van der Waals surface area contributed by atoms with E-state index in [1.807, 2.05) is 25.1 Å². The lowest BCUT2D eigenvalue weighted by molar-refractivity contribution is 0.0947. The summed E-state index contributed by atoms with van der Waals surface area (Å²) in [4.78, 5) is 42.2. The quantitative estimate of drug-likeness (QED) is 0.261. The molecule has 4 amide bonds. The van der Waals surface area contributed by atoms with Crippen LogP contribution in [0.2, 0.25) is 5.02 Å². The summed E-state index contributed by atoms with van der Waals surface area (Å²) in [7, 11) is 0. The molecule has 2 heterocycles. The molecule has 1 saturated heterocycles. The molecule has 0 aliphatic carbocycles. The van der Waals surface area contributed by atoms with Crippen LogP contribution in [-0.2, 0) is 6.42 Å². The van der Waals surface area contributed by atoms with Gasteiger partial charge >= 0.3 is 6.03 Å². The highest BCUT2D eigenvalue weighted by atomic mass is 35.5. The van der Waals surface area contributed by atoms with E-state index in [-0.39, 0.29) is 17.8 Å². The summed E-state index contributed by atoms with van der Waals surface area (Å²) < 4.78 is 5.05. The Bertz CT molecular complexity index is 1280. The molecular formula is C28H31Cl2N5O4. The van der Waals surface area contributed by atoms with Gasteiger partial charge in [0.1, 0.15) is 11.8 Å². The number of nitrogens with zero attached hydrogens (tertiary/aromatic N) is 2. The highest BCUT2D eigenvalue weighted by Gasteiger charge is 2.23. The van der Waals surface area contributed by atoms with Gasteiger partial charge in [-0.15, -0.1) is 0 Å². The molecule has 0 spiro atoms. The first-order chi connectivity index (χ1) is 18.8. The number of alkyl halides is 1. The van der Waals surface area contributed by atoms with Crippen LogP contribution >= 0.6 is 23.2 Å². The van der Waals surface area contributed by atoms with Gasteiger partial charge in [0, 0.05) is 49.7 Å². The van der Waals surface area contributed by atoms with Crippen molar-refractivity contribution in [2.24, 2.45) is 0 Å². The molecule has 3 aromatic rings. The topological polar surface area (TPSA) is 107 Å². The maximum Gasteiger partial charge on any atom is 0.317 e. The second-order valence-corrected chi connectivity index (χ2v) is 10.1. The first-order valence-electron chi connectivity index (χ1n) is 12.8. The third-order valence-electron chi connectivity index (χ3n) is 6.36. The smallest absolute Gasteiger partial charge is 0.317 e. The number of hydrogen-bond donors (Lipinski definition) is 3. The monoisotopic (exact) mass is 571 g/mol. The molecule has 0 radical (unpaired) electrons. The maximum absolute atomic E-state index is 13.1. The first kappa shape index (κ1) is 28.3. The van der Waals surface area contributed by atoms with Crippen LogP contribution in [0.25, 0.3) is 0 Å². The number of rotatable bonds is 8. The number of amides is 4. The minimum absolute atomic E-state index is 0.0888. The van der Waals surface area contributed by atoms with E-state index in [1.165, 1.54) is 12.5 Å². The van der Waals surface area contributed by atoms with Gasteiger partial charge in [-0.2, -0.15) is 0 Å². The Labute approximate surface area is 237 Å². The third-order valence-corrected chi connectivity index (χ3v) is 6.87. The number of furan rings is 1. The van der Waals surface area contributed by atoms with Gasteiger partial charge in [-0.05, 0) is 55.3 Å². The van der Waals surface area contributed by atoms with Crippen molar-refractivity contribution in [3.8, 4) is 0 Å². The Kier molecular flexibility index (Phi) is 9.73. The molecule has 1 atom stereocenters. The van der Waals surface area contributed by atoms with Crippen molar-refractivity contribution >= 4 is 52.4 Å². The number of urea groups is 1. The van der Waals surface area contributed by atoms with Crippen molar-refractivity contribution in [1.82, 2.24) is 15.5 Å². The van der Waals surface area contributed by atoms with Gasteiger partial charge in [0.15, 0.2) is 0 Å². The molecule has 0 saturated carbocycles. The molecule has 0 bridgehead atoms. The van der Waals surface area contributed by atoms with Crippen LogP contribution in [0.4, 0.5) is 16.2 Å². The summed E-state index contributed by atoms with van der Waals surface area (Å²) in [6.07, 6.45) is 3.96. The van der Waals surface area contributed by atoms with Crippen molar-refractivity contribution in [1.29, 1.82) is 0 Å². The van der Waals surface area contributed by atoms with Gasteiger partial charge < -0.3 is 30.2 Å². The Hall–Kier alpha value is -3.69. The molecule has 11 heteroatoms. The van der Waals surface area contributed by atoms with Gasteiger partial charge in [0.05, 0.1) is 23.2 Å². The van der Waals surface area contributed by atoms with Crippen molar-refractivity contribution in [2.75, 3.05) is 42.9 Å². The Morgan fingerprint density at radius 1 is 0.974 bits per heavy atom. The molecule has 206 valence electrons. The molecule has 1 aromatic heterocycles. The largest absolute Gasteiger partial charge is 0.472 e. The standard InChI is InChI=1S/C28H31Cl2N5O4/c1-2-31-28(38)35-12-3-11-34(13-14-35)24-9-6-20(17-23(24)32-27(37)21-10-15-39-18-21)26(36)33-25(30)16-19-4-7-22(29)8-5-19/h4-10,15,17-18,25H,2-3,11-14,16H2,1H3,(H,31,38)(H,32,37)(H,33,36). The average Bonchev–Trinajstić information content (AvgIpc) is 3.35. The van der Waals surface area contributed by atoms with Crippen LogP contribution in [0.3, 0.4) is 0 Å². The zero-order valence-electron chi connectivity index (χ0n) is 21.6. The molecule has 3 N–H and O–H groups in total. The number of anilines is 2. The molecule has 39 heavy (non-hydrogen) atoms. The number of carbonyl (C=O) groups is 3. The predicted molar refractivity (Wildman–Crippen MR) is 153 cm³/mol. The zero-order chi connectivity index (χ0) is 27.8. The second kappa shape index (κ2) is 13.4. The minimum Gasteiger partial charge on any atom is -0.472 e. The number of hydrogen-bond acceptors (Lipinski definition) is 5. The SMILES string of the molecule is CCNC(=O)N1CCCN(c2ccc(C(=O)NC(Cl)Cc3ccc(Cl)cc3)cc2NC(=O)c2ccoc2)CC1. The van der Waals surface area contributed by atoms with E-state index in [4.69, 9.17) is 27.6 Å². The molecule has 1 fully saturated rings. The van der Waals surface area contributed by atoms with Crippen LogP contribution in [0.15, 0.2) is 65.5 Å². The highest BCUT2D eigenvalue weighted by Crippen LogP contribution is 2.29. The van der Waals surface area contributed by atoms with Crippen LogP contribution in [0.1, 0.15) is 39.6 Å². The lowest BCUT2D eigenvalue weighted by Crippen LogP contribution is -2.42. The van der Waals surface area contributed by atoms with Gasteiger partial charge in [-0.1, -0.05) is 35.3 Å². The summed E-state index contributed by atoms with van der Waals surface area (Å²) in [5.74, 6) is -0.730. The lowest BCUT2D eigenvalue weighted by atomic mass is 10.1. The number of nitrogens with one attached hydrogen (secondary N) is 3. The molecule has 2 aromatic carbocycles. The van der Waals surface area contributed by atoms with Crippen molar-refractivity contribution in [2.45, 2.75) is 25.3 Å². The average molecular weight is 572 g/mol. The van der Waals surface area contributed by atoms with E-state index in [2.05, 4.69) is 20.9 Å². The summed E-state index contributed by atoms with van der Waals surface area (Å²) in [5, 5.41) is 9.20. The summed E-state index contributed by atoms with van der Waals surface area (Å²) in [5.41, 5.74) is 2.23. The zero-order valence-corrected chi connectivity index (χ0v) is 23.1. The van der Waals surface area contributed by atoms with Crippen LogP contribution in [-0.4, -0.2) is 61.0 Å². The number of halogens is 2. The third kappa shape index (κ3) is 7.68. The fraction of sp³-hybridized carbons (Fsp3) is 0.321. The van der Waals surface area contributed by atoms with E-state index in [0.717, 1.165) is 17.7 Å². The summed E-state index contributed by atoms with van der Waals surface area (Å²) in [6, 6.07) is 13.9. The van der Waals surface area contributed by atoms with Gasteiger partial charge in [0.2, 0.25) is 0 Å². The predicted octanol–water partition coefficient (Wildman–Crippen LogP) is 4.96. The van der Waals surface area contributed by atoms with Crippen molar-refractivity contribution < 1.29 is 18.8 Å². The van der Waals surface area contributed by atoms with Crippen LogP contribution in [0, 0.1) is 0 Å². The Balaban J connectivity index is 1.52. The normalized spacial score (nSPS) is 14.3. The maximum atomic E-state index is 13.1. The fourth-order valence-corrected chi connectivity index (χ4v) is 4.77. The minimum atomic E-state index is -0.645. The molecular weight excluding hydrogens is 541 g/mol. The molecule has 1 unspecified atom stereocenters. The van der Waals surface area contributed by atoms with Crippen molar-refractivity contribution in [3.63, 3.8) is 0 Å². The van der Waals surface area contributed by atoms with Gasteiger partial charge in [-0.3, -0.25) is 9.59 Å². The summed E-state index contributed by atoms with van der Waals surface area (Å²) in [6.45, 7) is 4.86. The molecule has 1 aliphatic heterocycles. The summed E-state index contributed by atoms with van der Waals surface area (Å²) >= 11 is 12.4. The van der Waals surface area contributed by atoms with Crippen molar-refractivity contribution in [3.05, 3.63) is 82.8 Å². The van der Waals surface area contributed by atoms with E-state index in [0.29, 0.717) is 61.0 Å². The molecule has 1 aliphatic rings. The van der Waals surface area contributed by atoms with E-state index in [9.17, 15) is 14.4 Å². The van der Waals surface area contributed by atoms with E-state index >= 15 is 0 Å². The molecule has 9 nitrogen and oxygen atoms in total. The van der Waals surface area contributed by atoms with E-state index < -0.39 is 5.50 Å². The number of carbonyl (C=O) groups excluding carboxylic acids is 3. The lowest BCUT2D eigenvalue weighted by Gasteiger charge is -2.26. The Morgan fingerprint density at radius 3 is 2.49 bits per heavy atom. The Morgan fingerprint density at radius 2 is 1.77 bits per heavy atom. The van der Waals surface area contributed by atoms with Crippen LogP contribution < -0.4 is 20.9 Å². The van der Waals surface area contributed by atoms with Crippen LogP contribution in [0.5, 0.6) is 0 Å². The molecule has 4 rings (SSSR count).